The first-order chi connectivity index (χ1) is 36.7. The molecule has 0 saturated carbocycles. The molecule has 0 aliphatic heterocycles. The minimum Gasteiger partial charge on any atom is -0.455 e. The predicted octanol–water partition coefficient (Wildman–Crippen LogP) is 11.8. The summed E-state index contributed by atoms with van der Waals surface area (Å²) in [4.78, 5) is 40.4. The number of nitrogens with zero attached hydrogens (tertiary/aromatic N) is 8. The van der Waals surface area contributed by atoms with E-state index >= 15 is 0 Å². The van der Waals surface area contributed by atoms with Crippen molar-refractivity contribution in [3.05, 3.63) is 231 Å². The van der Waals surface area contributed by atoms with Crippen LogP contribution in [0.5, 0.6) is 0 Å². The second-order valence-electron chi connectivity index (χ2n) is 18.6. The molecule has 5 aromatic heterocycles. The molecule has 13 aromatic rings. The molecule has 74 heavy (non-hydrogen) atoms. The Balaban J connectivity index is 1.01. The Morgan fingerprint density at radius 1 is 0.297 bits per heavy atom. The smallest absolute Gasteiger partial charge is 0.203 e. The highest BCUT2D eigenvalue weighted by Crippen LogP contribution is 2.49. The van der Waals surface area contributed by atoms with E-state index in [-0.39, 0.29) is 0 Å². The van der Waals surface area contributed by atoms with E-state index in [0.29, 0.717) is 45.6 Å². The number of hydrogen-bond donors (Lipinski definition) is 0. The van der Waals surface area contributed by atoms with Crippen molar-refractivity contribution in [2.24, 2.45) is 0 Å². The van der Waals surface area contributed by atoms with Gasteiger partial charge in [0.25, 0.3) is 0 Å². The van der Waals surface area contributed by atoms with Crippen LogP contribution in [0.2, 0.25) is 0 Å². The minimum absolute atomic E-state index is 0.539. The molecule has 0 unspecified atom stereocenters. The summed E-state index contributed by atoms with van der Waals surface area (Å²) in [7, 11) is -3.44. The van der Waals surface area contributed by atoms with Gasteiger partial charge in [0.15, 0.2) is 0 Å². The molecule has 0 spiro atoms. The zero-order valence-corrected chi connectivity index (χ0v) is 40.4. The van der Waals surface area contributed by atoms with Crippen molar-refractivity contribution in [3.63, 3.8) is 0 Å². The first kappa shape index (κ1) is 41.8. The third-order valence-corrected chi connectivity index (χ3v) is 19.3. The van der Waals surface area contributed by atoms with Gasteiger partial charge in [-0.2, -0.15) is 0 Å². The Hall–Kier alpha value is -9.90. The van der Waals surface area contributed by atoms with Crippen LogP contribution in [0.3, 0.4) is 0 Å². The Morgan fingerprint density at radius 3 is 1.31 bits per heavy atom. The molecule has 8 aromatic carbocycles. The van der Waals surface area contributed by atoms with Crippen molar-refractivity contribution in [2.45, 2.75) is 0 Å². The second-order valence-corrected chi connectivity index (χ2v) is 22.3. The van der Waals surface area contributed by atoms with Crippen molar-refractivity contribution in [2.75, 3.05) is 0 Å². The topological polar surface area (TPSA) is 116 Å². The summed E-state index contributed by atoms with van der Waals surface area (Å²) in [6, 6.07) is 68.1. The van der Waals surface area contributed by atoms with Gasteiger partial charge in [0, 0.05) is 59.7 Å². The van der Waals surface area contributed by atoms with Gasteiger partial charge in [0.1, 0.15) is 56.7 Å². The van der Waals surface area contributed by atoms with Crippen LogP contribution in [-0.2, 0) is 0 Å². The molecule has 2 aliphatic rings. The Morgan fingerprint density at radius 2 is 0.730 bits per heavy atom. The fraction of sp³-hybridized carbons (Fsp3) is 0. The third kappa shape index (κ3) is 6.22. The van der Waals surface area contributed by atoms with E-state index in [2.05, 4.69) is 176 Å². The molecule has 2 aliphatic carbocycles. The van der Waals surface area contributed by atoms with Crippen molar-refractivity contribution in [1.29, 1.82) is 0 Å². The standard InChI is InChI=1S/C64H38N8OSi/c1-3-14-40(15-4-1)74(41-16-5-2-6-17-41,55-38-71-62-60-58(67-32-33-69-60)56-57(66-31-30-65-56)59-61(63(62)72-55)70-35-34-68-59)42-27-29-49-48-28-26-39(43-23-13-24-51-50-22-11-12-25-54(50)73-64(43)51)36-52(48)46-20-9-7-18-44(46)45-19-8-10-21-47(45)53(49)37-42/h1-38H. The molecule has 10 heteroatoms. The predicted molar refractivity (Wildman–Crippen MR) is 296 cm³/mol. The van der Waals surface area contributed by atoms with Crippen LogP contribution in [0, 0.1) is 0 Å². The molecule has 0 saturated heterocycles. The maximum absolute atomic E-state index is 6.62. The zero-order chi connectivity index (χ0) is 48.7. The number of benzene rings is 8. The van der Waals surface area contributed by atoms with Crippen LogP contribution < -0.4 is 20.9 Å². The lowest BCUT2D eigenvalue weighted by molar-refractivity contribution is 0.670. The molecule has 9 nitrogen and oxygen atoms in total. The maximum atomic E-state index is 6.62. The van der Waals surface area contributed by atoms with Gasteiger partial charge >= 0.3 is 0 Å². The number of aromatic nitrogens is 8. The van der Waals surface area contributed by atoms with E-state index in [4.69, 9.17) is 44.3 Å². The third-order valence-electron chi connectivity index (χ3n) is 14.8. The minimum atomic E-state index is -3.44. The average molecular weight is 963 g/mol. The molecule has 344 valence electrons. The fourth-order valence-electron chi connectivity index (χ4n) is 11.6. The zero-order valence-electron chi connectivity index (χ0n) is 39.4. The van der Waals surface area contributed by atoms with Gasteiger partial charge in [-0.05, 0) is 77.8 Å². The largest absolute Gasteiger partial charge is 0.455 e. The van der Waals surface area contributed by atoms with Crippen molar-refractivity contribution >= 4 is 50.9 Å². The van der Waals surface area contributed by atoms with Gasteiger partial charge in [0.05, 0.1) is 5.32 Å². The molecule has 0 amide bonds. The summed E-state index contributed by atoms with van der Waals surface area (Å²) < 4.78 is 6.62. The summed E-state index contributed by atoms with van der Waals surface area (Å²) in [5, 5.41) is 6.48. The van der Waals surface area contributed by atoms with Crippen LogP contribution in [0.4, 0.5) is 0 Å². The van der Waals surface area contributed by atoms with Gasteiger partial charge in [-0.1, -0.05) is 176 Å². The monoisotopic (exact) mass is 962 g/mol. The van der Waals surface area contributed by atoms with Gasteiger partial charge < -0.3 is 4.42 Å². The lowest BCUT2D eigenvalue weighted by Crippen LogP contribution is -2.75. The van der Waals surface area contributed by atoms with Crippen molar-refractivity contribution in [3.8, 4) is 101 Å². The van der Waals surface area contributed by atoms with E-state index < -0.39 is 8.07 Å². The molecule has 0 radical (unpaired) electrons. The Labute approximate surface area is 425 Å². The van der Waals surface area contributed by atoms with E-state index in [1.807, 2.05) is 18.3 Å². The number of hydrogen-bond acceptors (Lipinski definition) is 9. The normalized spacial score (nSPS) is 12.1. The van der Waals surface area contributed by atoms with E-state index in [0.717, 1.165) is 92.9 Å². The second kappa shape index (κ2) is 16.6. The van der Waals surface area contributed by atoms with Gasteiger partial charge in [-0.15, -0.1) is 0 Å². The van der Waals surface area contributed by atoms with Gasteiger partial charge in [-0.25, -0.2) is 0 Å². The van der Waals surface area contributed by atoms with Crippen molar-refractivity contribution < 1.29 is 4.42 Å². The SMILES string of the molecule is c1ccc([Si](c2ccccc2)(c2ccc3c(c2)-c2ccccc2-c2ccccc2-c2cc(-c4cccc5c4oc4ccccc45)ccc2-3)c2cnc3c(n2)-c2nccnc2-c2nccnc2-c2nccnc2-3)cc1. The Bertz CT molecular complexity index is 4360. The summed E-state index contributed by atoms with van der Waals surface area (Å²) >= 11 is 0. The average Bonchev–Trinajstić information content (AvgIpc) is 3.87. The lowest BCUT2D eigenvalue weighted by atomic mass is 9.80. The molecule has 5 heterocycles. The first-order valence-corrected chi connectivity index (χ1v) is 26.5. The van der Waals surface area contributed by atoms with Crippen LogP contribution in [0.25, 0.3) is 123 Å². The first-order valence-electron chi connectivity index (χ1n) is 24.5. The summed E-state index contributed by atoms with van der Waals surface area (Å²) in [6.45, 7) is 0. The van der Waals surface area contributed by atoms with Crippen LogP contribution >= 0.6 is 0 Å². The molecular formula is C64H38N8OSi. The van der Waals surface area contributed by atoms with E-state index in [1.165, 1.54) is 5.56 Å². The molecular weight excluding hydrogens is 925 g/mol. The highest BCUT2D eigenvalue weighted by Gasteiger charge is 2.45. The van der Waals surface area contributed by atoms with Gasteiger partial charge in [-0.3, -0.25) is 39.9 Å². The maximum Gasteiger partial charge on any atom is 0.203 e. The number of furan rings is 1. The number of fused-ring (bicyclic) bond motifs is 19. The highest BCUT2D eigenvalue weighted by atomic mass is 28.3. The number of para-hydroxylation sites is 2. The highest BCUT2D eigenvalue weighted by molar-refractivity contribution is 7.19. The van der Waals surface area contributed by atoms with E-state index in [1.54, 1.807) is 37.2 Å². The van der Waals surface area contributed by atoms with Crippen molar-refractivity contribution in [1.82, 2.24) is 39.9 Å². The quantitative estimate of drug-likeness (QED) is 0.123. The van der Waals surface area contributed by atoms with Crippen LogP contribution in [0.15, 0.2) is 236 Å². The summed E-state index contributed by atoms with van der Waals surface area (Å²) in [5.74, 6) is 0. The molecule has 0 atom stereocenters. The summed E-state index contributed by atoms with van der Waals surface area (Å²) in [5.41, 5.74) is 17.4. The molecule has 15 rings (SSSR count). The fourth-order valence-corrected chi connectivity index (χ4v) is 16.1. The summed E-state index contributed by atoms with van der Waals surface area (Å²) in [6.07, 6.45) is 12.0. The molecule has 0 fully saturated rings. The van der Waals surface area contributed by atoms with Crippen LogP contribution in [-0.4, -0.2) is 47.9 Å². The number of rotatable bonds is 5. The van der Waals surface area contributed by atoms with E-state index in [9.17, 15) is 0 Å². The lowest BCUT2D eigenvalue weighted by Gasteiger charge is -2.34. The molecule has 0 N–H and O–H groups in total. The van der Waals surface area contributed by atoms with Crippen LogP contribution in [0.1, 0.15) is 0 Å². The Kier molecular flexibility index (Phi) is 9.38. The van der Waals surface area contributed by atoms with Gasteiger partial charge in [0.2, 0.25) is 8.07 Å². The molecule has 0 bridgehead atoms.